The fourth-order valence-corrected chi connectivity index (χ4v) is 2.56. The Morgan fingerprint density at radius 1 is 1.31 bits per heavy atom. The van der Waals surface area contributed by atoms with Gasteiger partial charge in [-0.05, 0) is 37.6 Å². The molecular formula is C11H15ClO3S. The summed E-state index contributed by atoms with van der Waals surface area (Å²) in [6.07, 6.45) is 1.30. The average Bonchev–Trinajstić information content (AvgIpc) is 2.17. The number of halogens is 1. The molecule has 1 atom stereocenters. The third-order valence-electron chi connectivity index (χ3n) is 2.09. The van der Waals surface area contributed by atoms with E-state index in [1.54, 1.807) is 6.92 Å². The highest BCUT2D eigenvalue weighted by atomic mass is 35.5. The highest BCUT2D eigenvalue weighted by molar-refractivity contribution is 7.86. The largest absolute Gasteiger partial charge is 0.297 e. The molecule has 0 fully saturated rings. The zero-order chi connectivity index (χ0) is 12.2. The van der Waals surface area contributed by atoms with Crippen LogP contribution in [-0.4, -0.2) is 14.5 Å². The highest BCUT2D eigenvalue weighted by Crippen LogP contribution is 2.18. The van der Waals surface area contributed by atoms with Gasteiger partial charge in [0, 0.05) is 5.02 Å². The van der Waals surface area contributed by atoms with Crippen LogP contribution in [0.15, 0.2) is 29.2 Å². The normalized spacial score (nSPS) is 13.7. The van der Waals surface area contributed by atoms with Crippen LogP contribution in [-0.2, 0) is 14.3 Å². The summed E-state index contributed by atoms with van der Waals surface area (Å²) in [6.45, 7) is 3.73. The molecule has 0 saturated heterocycles. The highest BCUT2D eigenvalue weighted by Gasteiger charge is 2.18. The van der Waals surface area contributed by atoms with Gasteiger partial charge in [0.05, 0.1) is 11.0 Å². The van der Waals surface area contributed by atoms with Gasteiger partial charge in [-0.15, -0.1) is 0 Å². The van der Waals surface area contributed by atoms with Gasteiger partial charge in [0.1, 0.15) is 0 Å². The van der Waals surface area contributed by atoms with E-state index >= 15 is 0 Å². The van der Waals surface area contributed by atoms with Crippen molar-refractivity contribution in [2.75, 3.05) is 0 Å². The monoisotopic (exact) mass is 262 g/mol. The van der Waals surface area contributed by atoms with Crippen molar-refractivity contribution in [1.29, 1.82) is 0 Å². The molecule has 0 saturated carbocycles. The number of rotatable bonds is 5. The summed E-state index contributed by atoms with van der Waals surface area (Å²) in [6, 6.07) is 5.94. The van der Waals surface area contributed by atoms with Crippen molar-refractivity contribution in [3.63, 3.8) is 0 Å². The molecule has 0 amide bonds. The summed E-state index contributed by atoms with van der Waals surface area (Å²) in [4.78, 5) is 0.139. The molecule has 0 aliphatic carbocycles. The van der Waals surface area contributed by atoms with Crippen molar-refractivity contribution in [2.45, 2.75) is 37.7 Å². The maximum Gasteiger partial charge on any atom is 0.297 e. The second-order valence-electron chi connectivity index (χ2n) is 3.60. The van der Waals surface area contributed by atoms with Gasteiger partial charge in [-0.3, -0.25) is 4.18 Å². The van der Waals surface area contributed by atoms with Gasteiger partial charge in [0.25, 0.3) is 10.1 Å². The Morgan fingerprint density at radius 3 is 2.38 bits per heavy atom. The third kappa shape index (κ3) is 3.77. The van der Waals surface area contributed by atoms with Crippen LogP contribution in [0.4, 0.5) is 0 Å². The summed E-state index contributed by atoms with van der Waals surface area (Å²) >= 11 is 5.68. The van der Waals surface area contributed by atoms with Crippen LogP contribution in [0, 0.1) is 0 Å². The maximum atomic E-state index is 11.8. The molecule has 0 aliphatic rings. The minimum absolute atomic E-state index is 0.139. The van der Waals surface area contributed by atoms with Gasteiger partial charge in [-0.1, -0.05) is 24.9 Å². The summed E-state index contributed by atoms with van der Waals surface area (Å²) < 4.78 is 28.6. The molecule has 0 aliphatic heterocycles. The topological polar surface area (TPSA) is 43.4 Å². The van der Waals surface area contributed by atoms with Crippen LogP contribution in [0.3, 0.4) is 0 Å². The van der Waals surface area contributed by atoms with Gasteiger partial charge in [0.15, 0.2) is 0 Å². The Labute approximate surface area is 102 Å². The fourth-order valence-electron chi connectivity index (χ4n) is 1.33. The first-order valence-corrected chi connectivity index (χ1v) is 6.93. The van der Waals surface area contributed by atoms with Crippen LogP contribution >= 0.6 is 11.6 Å². The molecule has 90 valence electrons. The van der Waals surface area contributed by atoms with E-state index in [0.29, 0.717) is 11.4 Å². The van der Waals surface area contributed by atoms with Gasteiger partial charge in [-0.25, -0.2) is 0 Å². The fraction of sp³-hybridized carbons (Fsp3) is 0.455. The Kier molecular flexibility index (Phi) is 4.77. The molecule has 1 rings (SSSR count). The zero-order valence-corrected chi connectivity index (χ0v) is 10.9. The van der Waals surface area contributed by atoms with Crippen molar-refractivity contribution in [2.24, 2.45) is 0 Å². The van der Waals surface area contributed by atoms with Crippen molar-refractivity contribution in [1.82, 2.24) is 0 Å². The Morgan fingerprint density at radius 2 is 1.88 bits per heavy atom. The second kappa shape index (κ2) is 5.66. The van der Waals surface area contributed by atoms with E-state index in [-0.39, 0.29) is 11.0 Å². The molecule has 0 N–H and O–H groups in total. The van der Waals surface area contributed by atoms with Crippen LogP contribution in [0.5, 0.6) is 0 Å². The van der Waals surface area contributed by atoms with E-state index in [2.05, 4.69) is 0 Å². The van der Waals surface area contributed by atoms with Gasteiger partial charge in [0.2, 0.25) is 0 Å². The van der Waals surface area contributed by atoms with E-state index in [9.17, 15) is 8.42 Å². The molecule has 16 heavy (non-hydrogen) atoms. The standard InChI is InChI=1S/C11H15ClO3S/c1-3-4-9(2)15-16(13,14)11-7-5-10(12)6-8-11/h5-9H,3-4H2,1-2H3/t9-/m0/s1. The molecule has 1 aromatic rings. The average molecular weight is 263 g/mol. The van der Waals surface area contributed by atoms with E-state index in [1.807, 2.05) is 6.92 Å². The predicted molar refractivity (Wildman–Crippen MR) is 64.1 cm³/mol. The van der Waals surface area contributed by atoms with Crippen LogP contribution in [0.1, 0.15) is 26.7 Å². The van der Waals surface area contributed by atoms with Crippen LogP contribution < -0.4 is 0 Å². The molecule has 0 unspecified atom stereocenters. The smallest absolute Gasteiger partial charge is 0.263 e. The molecule has 0 bridgehead atoms. The van der Waals surface area contributed by atoms with E-state index in [0.717, 1.165) is 6.42 Å². The lowest BCUT2D eigenvalue weighted by Crippen LogP contribution is -2.15. The molecule has 0 radical (unpaired) electrons. The number of hydrogen-bond donors (Lipinski definition) is 0. The van der Waals surface area contributed by atoms with E-state index < -0.39 is 10.1 Å². The van der Waals surface area contributed by atoms with Crippen molar-refractivity contribution in [3.05, 3.63) is 29.3 Å². The van der Waals surface area contributed by atoms with Crippen LogP contribution in [0.2, 0.25) is 5.02 Å². The van der Waals surface area contributed by atoms with Crippen molar-refractivity contribution < 1.29 is 12.6 Å². The summed E-state index contributed by atoms with van der Waals surface area (Å²) in [5.41, 5.74) is 0. The number of hydrogen-bond acceptors (Lipinski definition) is 3. The maximum absolute atomic E-state index is 11.8. The Balaban J connectivity index is 2.82. The Bertz CT molecular complexity index is 425. The Hall–Kier alpha value is -0.580. The van der Waals surface area contributed by atoms with E-state index in [4.69, 9.17) is 15.8 Å². The predicted octanol–water partition coefficient (Wildman–Crippen LogP) is 3.23. The molecule has 0 heterocycles. The third-order valence-corrected chi connectivity index (χ3v) is 3.77. The first-order valence-electron chi connectivity index (χ1n) is 5.14. The van der Waals surface area contributed by atoms with Gasteiger partial charge >= 0.3 is 0 Å². The summed E-state index contributed by atoms with van der Waals surface area (Å²) in [7, 11) is -3.66. The molecule has 0 spiro atoms. The SMILES string of the molecule is CCC[C@H](C)OS(=O)(=O)c1ccc(Cl)cc1. The van der Waals surface area contributed by atoms with E-state index in [1.165, 1.54) is 24.3 Å². The summed E-state index contributed by atoms with van der Waals surface area (Å²) in [5.74, 6) is 0. The summed E-state index contributed by atoms with van der Waals surface area (Å²) in [5, 5.41) is 0.501. The molecule has 5 heteroatoms. The first-order chi connectivity index (χ1) is 7.45. The molecular weight excluding hydrogens is 248 g/mol. The van der Waals surface area contributed by atoms with Crippen molar-refractivity contribution in [3.8, 4) is 0 Å². The van der Waals surface area contributed by atoms with Crippen molar-refractivity contribution >= 4 is 21.7 Å². The second-order valence-corrected chi connectivity index (χ2v) is 5.61. The van der Waals surface area contributed by atoms with Crippen LogP contribution in [0.25, 0.3) is 0 Å². The molecule has 0 aromatic heterocycles. The first kappa shape index (κ1) is 13.5. The quantitative estimate of drug-likeness (QED) is 0.765. The van der Waals surface area contributed by atoms with Gasteiger partial charge in [-0.2, -0.15) is 8.42 Å². The lowest BCUT2D eigenvalue weighted by atomic mass is 10.2. The minimum Gasteiger partial charge on any atom is -0.263 e. The molecule has 3 nitrogen and oxygen atoms in total. The lowest BCUT2D eigenvalue weighted by molar-refractivity contribution is 0.217. The van der Waals surface area contributed by atoms with Gasteiger partial charge < -0.3 is 0 Å². The zero-order valence-electron chi connectivity index (χ0n) is 9.31. The molecule has 1 aromatic carbocycles. The number of benzene rings is 1. The lowest BCUT2D eigenvalue weighted by Gasteiger charge is -2.11. The minimum atomic E-state index is -3.66.